The first-order valence-electron chi connectivity index (χ1n) is 9.08. The van der Waals surface area contributed by atoms with Crippen molar-refractivity contribution in [3.63, 3.8) is 0 Å². The van der Waals surface area contributed by atoms with Gasteiger partial charge in [0.2, 0.25) is 0 Å². The van der Waals surface area contributed by atoms with Crippen LogP contribution >= 0.6 is 27.3 Å². The predicted molar refractivity (Wildman–Crippen MR) is 115 cm³/mol. The lowest BCUT2D eigenvalue weighted by molar-refractivity contribution is -0.121. The van der Waals surface area contributed by atoms with E-state index in [1.54, 1.807) is 17.6 Å². The van der Waals surface area contributed by atoms with E-state index in [1.165, 1.54) is 15.8 Å². The van der Waals surface area contributed by atoms with Crippen molar-refractivity contribution in [1.82, 2.24) is 15.0 Å². The van der Waals surface area contributed by atoms with Gasteiger partial charge in [0, 0.05) is 9.35 Å². The molecule has 1 amide bonds. The van der Waals surface area contributed by atoms with Crippen molar-refractivity contribution in [3.05, 3.63) is 61.4 Å². The van der Waals surface area contributed by atoms with Gasteiger partial charge in [-0.3, -0.25) is 14.2 Å². The molecule has 2 heterocycles. The van der Waals surface area contributed by atoms with Crippen molar-refractivity contribution in [2.75, 3.05) is 0 Å². The van der Waals surface area contributed by atoms with E-state index < -0.39 is 0 Å². The van der Waals surface area contributed by atoms with Crippen LogP contribution in [0.2, 0.25) is 0 Å². The molecule has 3 aromatic rings. The molecule has 1 N–H and O–H groups in total. The molecule has 1 aliphatic rings. The quantitative estimate of drug-likeness (QED) is 0.480. The summed E-state index contributed by atoms with van der Waals surface area (Å²) < 4.78 is 2.33. The number of nitrogens with one attached hydrogen (secondary N) is 1. The van der Waals surface area contributed by atoms with Crippen molar-refractivity contribution < 1.29 is 4.79 Å². The highest BCUT2D eigenvalue weighted by Gasteiger charge is 2.23. The van der Waals surface area contributed by atoms with E-state index >= 15 is 0 Å². The second kappa shape index (κ2) is 7.97. The lowest BCUT2D eigenvalue weighted by Gasteiger charge is -2.17. The maximum Gasteiger partial charge on any atom is 0.262 e. The van der Waals surface area contributed by atoms with E-state index in [2.05, 4.69) is 38.4 Å². The fraction of sp³-hybridized carbons (Fsp3) is 0.300. The summed E-state index contributed by atoms with van der Waals surface area (Å²) in [6.45, 7) is 2.12. The molecule has 6 nitrogen and oxygen atoms in total. The number of amides is 1. The van der Waals surface area contributed by atoms with Gasteiger partial charge in [0.1, 0.15) is 11.4 Å². The third-order valence-corrected chi connectivity index (χ3v) is 6.56. The van der Waals surface area contributed by atoms with E-state index in [4.69, 9.17) is 0 Å². The van der Waals surface area contributed by atoms with Crippen LogP contribution in [0.5, 0.6) is 0 Å². The number of hydrazone groups is 1. The number of benzene rings is 1. The van der Waals surface area contributed by atoms with Crippen molar-refractivity contribution in [2.45, 2.75) is 32.7 Å². The first-order valence-corrected chi connectivity index (χ1v) is 10.7. The standard InChI is InChI=1S/C20H19BrN4O2S/c1-12-2-7-15-16(8-12)28-19-18(15)20(27)25(11-22-19)10-17(26)24-23-9-13-3-5-14(21)6-4-13/h3-6,9,11-12H,2,7-8,10H2,1H3,(H,24,26). The Morgan fingerprint density at radius 1 is 1.43 bits per heavy atom. The van der Waals surface area contributed by atoms with Crippen LogP contribution in [0, 0.1) is 5.92 Å². The second-order valence-corrected chi connectivity index (χ2v) is 9.05. The molecule has 1 aliphatic carbocycles. The number of aryl methyl sites for hydroxylation is 1. The number of halogens is 1. The van der Waals surface area contributed by atoms with Gasteiger partial charge in [-0.25, -0.2) is 10.4 Å². The number of nitrogens with zero attached hydrogens (tertiary/aromatic N) is 3. The van der Waals surface area contributed by atoms with Crippen LogP contribution in [0.15, 0.2) is 45.0 Å². The fourth-order valence-electron chi connectivity index (χ4n) is 3.40. The number of carbonyl (C=O) groups excluding carboxylic acids is 1. The molecule has 144 valence electrons. The Labute approximate surface area is 174 Å². The third-order valence-electron chi connectivity index (χ3n) is 4.87. The molecule has 28 heavy (non-hydrogen) atoms. The molecule has 1 aromatic carbocycles. The summed E-state index contributed by atoms with van der Waals surface area (Å²) in [4.78, 5) is 31.6. The lowest BCUT2D eigenvalue weighted by atomic mass is 9.89. The summed E-state index contributed by atoms with van der Waals surface area (Å²) in [6.07, 6.45) is 6.00. The van der Waals surface area contributed by atoms with E-state index in [0.29, 0.717) is 11.3 Å². The molecular formula is C20H19BrN4O2S. The molecule has 0 radical (unpaired) electrons. The summed E-state index contributed by atoms with van der Waals surface area (Å²) in [5.41, 5.74) is 4.30. The van der Waals surface area contributed by atoms with Crippen LogP contribution in [0.3, 0.4) is 0 Å². The van der Waals surface area contributed by atoms with Gasteiger partial charge in [-0.05, 0) is 48.4 Å². The molecule has 0 spiro atoms. The van der Waals surface area contributed by atoms with Crippen LogP contribution in [0.1, 0.15) is 29.3 Å². The Bertz CT molecular complexity index is 1120. The number of aromatic nitrogens is 2. The topological polar surface area (TPSA) is 76.3 Å². The Morgan fingerprint density at radius 3 is 3.00 bits per heavy atom. The van der Waals surface area contributed by atoms with Crippen LogP contribution in [-0.2, 0) is 24.2 Å². The summed E-state index contributed by atoms with van der Waals surface area (Å²) in [5, 5.41) is 4.64. The van der Waals surface area contributed by atoms with Crippen molar-refractivity contribution in [2.24, 2.45) is 11.0 Å². The number of carbonyl (C=O) groups is 1. The Hall–Kier alpha value is -2.32. The summed E-state index contributed by atoms with van der Waals surface area (Å²) in [7, 11) is 0. The number of rotatable bonds is 4. The van der Waals surface area contributed by atoms with Gasteiger partial charge < -0.3 is 0 Å². The largest absolute Gasteiger partial charge is 0.289 e. The number of hydrogen-bond acceptors (Lipinski definition) is 5. The van der Waals surface area contributed by atoms with E-state index in [0.717, 1.165) is 39.7 Å². The van der Waals surface area contributed by atoms with Crippen molar-refractivity contribution in [3.8, 4) is 0 Å². The maximum absolute atomic E-state index is 12.9. The molecule has 0 aliphatic heterocycles. The number of thiophene rings is 1. The number of fused-ring (bicyclic) bond motifs is 3. The normalized spacial score (nSPS) is 16.4. The van der Waals surface area contributed by atoms with Gasteiger partial charge >= 0.3 is 0 Å². The lowest BCUT2D eigenvalue weighted by Crippen LogP contribution is -2.30. The Morgan fingerprint density at radius 2 is 2.21 bits per heavy atom. The predicted octanol–water partition coefficient (Wildman–Crippen LogP) is 3.50. The Balaban J connectivity index is 1.50. The minimum Gasteiger partial charge on any atom is -0.289 e. The van der Waals surface area contributed by atoms with Crippen LogP contribution < -0.4 is 11.0 Å². The maximum atomic E-state index is 12.9. The van der Waals surface area contributed by atoms with E-state index in [9.17, 15) is 9.59 Å². The van der Waals surface area contributed by atoms with E-state index in [1.807, 2.05) is 24.3 Å². The molecule has 0 saturated carbocycles. The average Bonchev–Trinajstić information content (AvgIpc) is 3.04. The molecule has 1 unspecified atom stereocenters. The van der Waals surface area contributed by atoms with Gasteiger partial charge in [0.15, 0.2) is 0 Å². The second-order valence-electron chi connectivity index (χ2n) is 7.05. The van der Waals surface area contributed by atoms with Gasteiger partial charge in [0.05, 0.1) is 17.9 Å². The molecule has 4 rings (SSSR count). The summed E-state index contributed by atoms with van der Waals surface area (Å²) in [5.74, 6) is 0.270. The average molecular weight is 459 g/mol. The van der Waals surface area contributed by atoms with Crippen molar-refractivity contribution >= 4 is 49.6 Å². The van der Waals surface area contributed by atoms with Gasteiger partial charge in [-0.2, -0.15) is 5.10 Å². The minimum absolute atomic E-state index is 0.111. The SMILES string of the molecule is CC1CCc2c(sc3ncn(CC(=O)NN=Cc4ccc(Br)cc4)c(=O)c23)C1. The molecule has 0 fully saturated rings. The van der Waals surface area contributed by atoms with Crippen LogP contribution in [0.25, 0.3) is 10.2 Å². The molecule has 0 saturated heterocycles. The smallest absolute Gasteiger partial charge is 0.262 e. The minimum atomic E-state index is -0.366. The van der Waals surface area contributed by atoms with Gasteiger partial charge in [0.25, 0.3) is 11.5 Å². The van der Waals surface area contributed by atoms with Crippen LogP contribution in [-0.4, -0.2) is 21.7 Å². The Kier molecular flexibility index (Phi) is 5.41. The first kappa shape index (κ1) is 19.0. The fourth-order valence-corrected chi connectivity index (χ4v) is 5.00. The van der Waals surface area contributed by atoms with E-state index in [-0.39, 0.29) is 18.0 Å². The zero-order valence-corrected chi connectivity index (χ0v) is 17.7. The summed E-state index contributed by atoms with van der Waals surface area (Å²) >= 11 is 4.97. The highest BCUT2D eigenvalue weighted by Crippen LogP contribution is 2.35. The third kappa shape index (κ3) is 3.93. The zero-order chi connectivity index (χ0) is 19.7. The number of hydrogen-bond donors (Lipinski definition) is 1. The molecule has 0 bridgehead atoms. The summed E-state index contributed by atoms with van der Waals surface area (Å²) in [6, 6.07) is 7.54. The monoisotopic (exact) mass is 458 g/mol. The first-order chi connectivity index (χ1) is 13.5. The molecular weight excluding hydrogens is 440 g/mol. The highest BCUT2D eigenvalue weighted by atomic mass is 79.9. The van der Waals surface area contributed by atoms with Gasteiger partial charge in [-0.15, -0.1) is 11.3 Å². The molecule has 2 aromatic heterocycles. The highest BCUT2D eigenvalue weighted by molar-refractivity contribution is 9.10. The van der Waals surface area contributed by atoms with Crippen molar-refractivity contribution in [1.29, 1.82) is 0 Å². The molecule has 1 atom stereocenters. The molecule has 8 heteroatoms. The van der Waals surface area contributed by atoms with Gasteiger partial charge in [-0.1, -0.05) is 35.0 Å². The zero-order valence-electron chi connectivity index (χ0n) is 15.3. The van der Waals surface area contributed by atoms with Crippen LogP contribution in [0.4, 0.5) is 0 Å².